The first-order valence-corrected chi connectivity index (χ1v) is 8.30. The van der Waals surface area contributed by atoms with Gasteiger partial charge in [0.1, 0.15) is 5.52 Å². The molecule has 5 heteroatoms. The molecule has 23 heavy (non-hydrogen) atoms. The zero-order valence-electron chi connectivity index (χ0n) is 12.5. The van der Waals surface area contributed by atoms with E-state index >= 15 is 0 Å². The summed E-state index contributed by atoms with van der Waals surface area (Å²) < 4.78 is 5.65. The fourth-order valence-electron chi connectivity index (χ4n) is 2.75. The number of H-pyrrole nitrogens is 1. The number of para-hydroxylation sites is 3. The van der Waals surface area contributed by atoms with Crippen LogP contribution in [0.2, 0.25) is 0 Å². The van der Waals surface area contributed by atoms with Crippen molar-refractivity contribution < 1.29 is 9.21 Å². The molecule has 2 aromatic heterocycles. The van der Waals surface area contributed by atoms with Crippen LogP contribution in [-0.2, 0) is 0 Å². The highest BCUT2D eigenvalue weighted by Crippen LogP contribution is 2.27. The second-order valence-electron chi connectivity index (χ2n) is 5.33. The minimum absolute atomic E-state index is 0.0761. The van der Waals surface area contributed by atoms with E-state index in [0.717, 1.165) is 33.3 Å². The van der Waals surface area contributed by atoms with Crippen LogP contribution in [0.3, 0.4) is 0 Å². The first-order chi connectivity index (χ1) is 11.2. The zero-order chi connectivity index (χ0) is 15.8. The monoisotopic (exact) mass is 322 g/mol. The van der Waals surface area contributed by atoms with Crippen LogP contribution in [0.5, 0.6) is 0 Å². The van der Waals surface area contributed by atoms with Crippen molar-refractivity contribution in [2.75, 3.05) is 5.75 Å². The summed E-state index contributed by atoms with van der Waals surface area (Å²) in [5.74, 6) is 0.377. The molecule has 0 atom stereocenters. The van der Waals surface area contributed by atoms with E-state index in [-0.39, 0.29) is 5.78 Å². The number of aromatic amines is 1. The number of carbonyl (C=O) groups excluding carboxylic acids is 1. The molecule has 1 N–H and O–H groups in total. The lowest BCUT2D eigenvalue weighted by molar-refractivity contribution is 0.102. The SMILES string of the molecule is Cc1[nH]c2ccccc2c1C(=O)CSc1nc2ccccc2o1. The molecule has 114 valence electrons. The van der Waals surface area contributed by atoms with Crippen molar-refractivity contribution in [3.8, 4) is 0 Å². The number of hydrogen-bond donors (Lipinski definition) is 1. The summed E-state index contributed by atoms with van der Waals surface area (Å²) >= 11 is 1.33. The molecule has 2 aromatic carbocycles. The van der Waals surface area contributed by atoms with Crippen molar-refractivity contribution in [1.82, 2.24) is 9.97 Å². The van der Waals surface area contributed by atoms with Crippen LogP contribution in [0.25, 0.3) is 22.0 Å². The van der Waals surface area contributed by atoms with Gasteiger partial charge in [0.2, 0.25) is 0 Å². The van der Waals surface area contributed by atoms with Gasteiger partial charge in [-0.25, -0.2) is 4.98 Å². The Hall–Kier alpha value is -2.53. The minimum atomic E-state index is 0.0761. The van der Waals surface area contributed by atoms with Crippen LogP contribution < -0.4 is 0 Å². The summed E-state index contributed by atoms with van der Waals surface area (Å²) in [5, 5.41) is 1.49. The number of nitrogens with one attached hydrogen (secondary N) is 1. The van der Waals surface area contributed by atoms with Crippen LogP contribution in [0, 0.1) is 6.92 Å². The van der Waals surface area contributed by atoms with Gasteiger partial charge in [-0.3, -0.25) is 4.79 Å². The summed E-state index contributed by atoms with van der Waals surface area (Å²) in [4.78, 5) is 20.3. The van der Waals surface area contributed by atoms with Gasteiger partial charge >= 0.3 is 0 Å². The quantitative estimate of drug-likeness (QED) is 0.441. The van der Waals surface area contributed by atoms with E-state index in [0.29, 0.717) is 11.0 Å². The first-order valence-electron chi connectivity index (χ1n) is 7.31. The van der Waals surface area contributed by atoms with E-state index in [1.54, 1.807) is 0 Å². The smallest absolute Gasteiger partial charge is 0.257 e. The van der Waals surface area contributed by atoms with Crippen molar-refractivity contribution in [3.05, 3.63) is 59.8 Å². The van der Waals surface area contributed by atoms with Crippen molar-refractivity contribution in [3.63, 3.8) is 0 Å². The predicted molar refractivity (Wildman–Crippen MR) is 92.1 cm³/mol. The van der Waals surface area contributed by atoms with E-state index in [4.69, 9.17) is 4.42 Å². The third-order valence-corrected chi connectivity index (χ3v) is 4.60. The van der Waals surface area contributed by atoms with Crippen LogP contribution in [0.15, 0.2) is 58.2 Å². The Kier molecular flexibility index (Phi) is 3.42. The van der Waals surface area contributed by atoms with E-state index < -0.39 is 0 Å². The molecule has 0 unspecified atom stereocenters. The molecule has 0 fully saturated rings. The summed E-state index contributed by atoms with van der Waals surface area (Å²) in [7, 11) is 0. The number of aryl methyl sites for hydroxylation is 1. The number of nitrogens with zero attached hydrogens (tertiary/aromatic N) is 1. The molecule has 2 heterocycles. The van der Waals surface area contributed by atoms with E-state index in [1.807, 2.05) is 55.5 Å². The van der Waals surface area contributed by atoms with Crippen LogP contribution in [0.1, 0.15) is 16.1 Å². The fourth-order valence-corrected chi connectivity index (χ4v) is 3.46. The maximum Gasteiger partial charge on any atom is 0.257 e. The molecule has 0 bridgehead atoms. The number of thioether (sulfide) groups is 1. The van der Waals surface area contributed by atoms with Gasteiger partial charge in [-0.2, -0.15) is 0 Å². The van der Waals surface area contributed by atoms with Crippen molar-refractivity contribution >= 4 is 39.5 Å². The number of benzene rings is 2. The lowest BCUT2D eigenvalue weighted by Crippen LogP contribution is -2.03. The highest BCUT2D eigenvalue weighted by atomic mass is 32.2. The van der Waals surface area contributed by atoms with E-state index in [2.05, 4.69) is 9.97 Å². The van der Waals surface area contributed by atoms with E-state index in [1.165, 1.54) is 11.8 Å². The molecular weight excluding hydrogens is 308 g/mol. The average Bonchev–Trinajstić information content (AvgIpc) is 3.12. The second-order valence-corrected chi connectivity index (χ2v) is 6.26. The molecule has 0 aliphatic rings. The van der Waals surface area contributed by atoms with Gasteiger partial charge in [0.25, 0.3) is 5.22 Å². The van der Waals surface area contributed by atoms with Gasteiger partial charge in [-0.05, 0) is 25.1 Å². The Bertz CT molecular complexity index is 983. The van der Waals surface area contributed by atoms with Gasteiger partial charge in [-0.15, -0.1) is 0 Å². The Labute approximate surface area is 136 Å². The Morgan fingerprint density at radius 1 is 1.17 bits per heavy atom. The van der Waals surface area contributed by atoms with E-state index in [9.17, 15) is 4.79 Å². The van der Waals surface area contributed by atoms with Gasteiger partial charge in [-0.1, -0.05) is 42.1 Å². The third kappa shape index (κ3) is 2.53. The maximum atomic E-state index is 12.6. The number of fused-ring (bicyclic) bond motifs is 2. The number of aromatic nitrogens is 2. The molecular formula is C18H14N2O2S. The Morgan fingerprint density at radius 2 is 1.96 bits per heavy atom. The van der Waals surface area contributed by atoms with Crippen molar-refractivity contribution in [2.24, 2.45) is 0 Å². The highest BCUT2D eigenvalue weighted by molar-refractivity contribution is 7.99. The number of hydrogen-bond acceptors (Lipinski definition) is 4. The molecule has 0 radical (unpaired) electrons. The van der Waals surface area contributed by atoms with Gasteiger partial charge in [0, 0.05) is 22.2 Å². The average molecular weight is 322 g/mol. The molecule has 4 rings (SSSR count). The third-order valence-electron chi connectivity index (χ3n) is 3.77. The molecule has 0 saturated heterocycles. The molecule has 0 saturated carbocycles. The van der Waals surface area contributed by atoms with Crippen molar-refractivity contribution in [2.45, 2.75) is 12.1 Å². The van der Waals surface area contributed by atoms with Crippen LogP contribution in [-0.4, -0.2) is 21.5 Å². The maximum absolute atomic E-state index is 12.6. The number of Topliss-reactive ketones (excluding diaryl/α,β-unsaturated/α-hetero) is 1. The lowest BCUT2D eigenvalue weighted by Gasteiger charge is -1.99. The molecule has 0 aliphatic heterocycles. The largest absolute Gasteiger partial charge is 0.431 e. The topological polar surface area (TPSA) is 58.9 Å². The number of oxazole rings is 1. The standard InChI is InChI=1S/C18H14N2O2S/c1-11-17(12-6-2-3-7-13(12)19-11)15(21)10-23-18-20-14-8-4-5-9-16(14)22-18/h2-9,19H,10H2,1H3. The zero-order valence-corrected chi connectivity index (χ0v) is 13.3. The lowest BCUT2D eigenvalue weighted by atomic mass is 10.1. The Balaban J connectivity index is 1.58. The molecule has 0 amide bonds. The predicted octanol–water partition coefficient (Wildman–Crippen LogP) is 4.59. The minimum Gasteiger partial charge on any atom is -0.431 e. The molecule has 0 spiro atoms. The Morgan fingerprint density at radius 3 is 2.83 bits per heavy atom. The fraction of sp³-hybridized carbons (Fsp3) is 0.111. The van der Waals surface area contributed by atoms with Gasteiger partial charge < -0.3 is 9.40 Å². The summed E-state index contributed by atoms with van der Waals surface area (Å²) in [6.45, 7) is 1.93. The number of carbonyl (C=O) groups is 1. The van der Waals surface area contributed by atoms with Crippen LogP contribution in [0.4, 0.5) is 0 Å². The molecule has 4 nitrogen and oxygen atoms in total. The summed E-state index contributed by atoms with van der Waals surface area (Å²) in [6.07, 6.45) is 0. The summed E-state index contributed by atoms with van der Waals surface area (Å²) in [6, 6.07) is 15.4. The second kappa shape index (κ2) is 5.59. The number of rotatable bonds is 4. The van der Waals surface area contributed by atoms with Crippen LogP contribution >= 0.6 is 11.8 Å². The summed E-state index contributed by atoms with van der Waals surface area (Å²) in [5.41, 5.74) is 4.19. The molecule has 0 aliphatic carbocycles. The molecule has 4 aromatic rings. The normalized spacial score (nSPS) is 11.3. The first kappa shape index (κ1) is 14.1. The van der Waals surface area contributed by atoms with Gasteiger partial charge in [0.05, 0.1) is 5.75 Å². The highest BCUT2D eigenvalue weighted by Gasteiger charge is 2.17. The van der Waals surface area contributed by atoms with Gasteiger partial charge in [0.15, 0.2) is 11.4 Å². The number of ketones is 1. The van der Waals surface area contributed by atoms with Crippen molar-refractivity contribution in [1.29, 1.82) is 0 Å².